The molecule has 7 heteroatoms. The summed E-state index contributed by atoms with van der Waals surface area (Å²) in [5.41, 5.74) is -1.19. The van der Waals surface area contributed by atoms with Gasteiger partial charge >= 0.3 is 0 Å². The molecule has 116 valence electrons. The van der Waals surface area contributed by atoms with E-state index in [0.29, 0.717) is 6.42 Å². The molecule has 0 heterocycles. The van der Waals surface area contributed by atoms with Crippen LogP contribution < -0.4 is 5.32 Å². The maximum absolute atomic E-state index is 12.0. The van der Waals surface area contributed by atoms with E-state index in [1.54, 1.807) is 6.92 Å². The SMILES string of the molecule is CC(C)CC(C)(O)CNC(=O)c1cc(Cl)cc([N+](=O)[O-])c1. The summed E-state index contributed by atoms with van der Waals surface area (Å²) in [6.45, 7) is 5.63. The molecule has 1 atom stereocenters. The number of hydrogen-bond donors (Lipinski definition) is 2. The number of nitrogens with zero attached hydrogens (tertiary/aromatic N) is 1. The van der Waals surface area contributed by atoms with Crippen LogP contribution in [0.3, 0.4) is 0 Å². The van der Waals surface area contributed by atoms with E-state index in [1.807, 2.05) is 13.8 Å². The van der Waals surface area contributed by atoms with Crippen LogP contribution >= 0.6 is 11.6 Å². The Hall–Kier alpha value is -1.66. The van der Waals surface area contributed by atoms with Crippen molar-refractivity contribution in [2.24, 2.45) is 5.92 Å². The fourth-order valence-corrected chi connectivity index (χ4v) is 2.36. The Balaban J connectivity index is 2.79. The highest BCUT2D eigenvalue weighted by molar-refractivity contribution is 6.31. The third kappa shape index (κ3) is 5.69. The van der Waals surface area contributed by atoms with Crippen LogP contribution in [-0.4, -0.2) is 28.1 Å². The Morgan fingerprint density at radius 2 is 2.10 bits per heavy atom. The molecule has 1 aromatic rings. The fourth-order valence-electron chi connectivity index (χ4n) is 2.14. The molecule has 0 saturated heterocycles. The molecule has 21 heavy (non-hydrogen) atoms. The maximum atomic E-state index is 12.0. The van der Waals surface area contributed by atoms with Gasteiger partial charge in [0.05, 0.1) is 10.5 Å². The number of benzene rings is 1. The summed E-state index contributed by atoms with van der Waals surface area (Å²) in [6.07, 6.45) is 0.531. The van der Waals surface area contributed by atoms with Gasteiger partial charge in [0.1, 0.15) is 0 Å². The number of carbonyl (C=O) groups excluding carboxylic acids is 1. The van der Waals surface area contributed by atoms with Gasteiger partial charge in [-0.05, 0) is 25.3 Å². The van der Waals surface area contributed by atoms with Gasteiger partial charge in [-0.3, -0.25) is 14.9 Å². The molecule has 0 aliphatic rings. The minimum absolute atomic E-state index is 0.0598. The van der Waals surface area contributed by atoms with Crippen LogP contribution in [0.25, 0.3) is 0 Å². The molecule has 1 amide bonds. The Labute approximate surface area is 128 Å². The average molecular weight is 315 g/mol. The van der Waals surface area contributed by atoms with Crippen molar-refractivity contribution in [2.75, 3.05) is 6.54 Å². The van der Waals surface area contributed by atoms with Crippen LogP contribution in [0.5, 0.6) is 0 Å². The lowest BCUT2D eigenvalue weighted by Gasteiger charge is -2.25. The van der Waals surface area contributed by atoms with Gasteiger partial charge in [-0.25, -0.2) is 0 Å². The number of non-ortho nitro benzene ring substituents is 1. The van der Waals surface area contributed by atoms with Crippen LogP contribution in [0.4, 0.5) is 5.69 Å². The first kappa shape index (κ1) is 17.4. The summed E-state index contributed by atoms with van der Waals surface area (Å²) in [5.74, 6) is -0.228. The van der Waals surface area contributed by atoms with E-state index in [0.717, 1.165) is 6.07 Å². The highest BCUT2D eigenvalue weighted by Gasteiger charge is 2.23. The lowest BCUT2D eigenvalue weighted by molar-refractivity contribution is -0.384. The number of aliphatic hydroxyl groups is 1. The van der Waals surface area contributed by atoms with Gasteiger partial charge in [-0.1, -0.05) is 25.4 Å². The molecule has 0 aliphatic carbocycles. The topological polar surface area (TPSA) is 92.5 Å². The Bertz CT molecular complexity index is 544. The molecule has 2 N–H and O–H groups in total. The van der Waals surface area contributed by atoms with Crippen molar-refractivity contribution < 1.29 is 14.8 Å². The van der Waals surface area contributed by atoms with E-state index in [9.17, 15) is 20.0 Å². The number of carbonyl (C=O) groups is 1. The van der Waals surface area contributed by atoms with Gasteiger partial charge in [-0.2, -0.15) is 0 Å². The van der Waals surface area contributed by atoms with Gasteiger partial charge in [0, 0.05) is 29.3 Å². The first-order valence-electron chi connectivity index (χ1n) is 6.56. The summed E-state index contributed by atoms with van der Waals surface area (Å²) in [6, 6.07) is 3.67. The first-order chi connectivity index (χ1) is 9.60. The quantitative estimate of drug-likeness (QED) is 0.623. The Morgan fingerprint density at radius 1 is 1.48 bits per heavy atom. The molecule has 0 fully saturated rings. The number of nitro benzene ring substituents is 1. The number of hydrogen-bond acceptors (Lipinski definition) is 4. The summed E-state index contributed by atoms with van der Waals surface area (Å²) >= 11 is 5.76. The Kier molecular flexibility index (Phi) is 5.69. The third-order valence-corrected chi connectivity index (χ3v) is 3.05. The smallest absolute Gasteiger partial charge is 0.271 e. The number of nitrogens with one attached hydrogen (secondary N) is 1. The normalized spacial score (nSPS) is 13.8. The van der Waals surface area contributed by atoms with Crippen LogP contribution in [-0.2, 0) is 0 Å². The highest BCUT2D eigenvalue weighted by atomic mass is 35.5. The predicted molar refractivity (Wildman–Crippen MR) is 80.5 cm³/mol. The van der Waals surface area contributed by atoms with E-state index in [-0.39, 0.29) is 28.7 Å². The molecule has 0 spiro atoms. The third-order valence-electron chi connectivity index (χ3n) is 2.83. The summed E-state index contributed by atoms with van der Waals surface area (Å²) in [7, 11) is 0. The van der Waals surface area contributed by atoms with E-state index in [2.05, 4.69) is 5.32 Å². The summed E-state index contributed by atoms with van der Waals surface area (Å²) < 4.78 is 0. The van der Waals surface area contributed by atoms with Gasteiger partial charge in [0.25, 0.3) is 11.6 Å². The lowest BCUT2D eigenvalue weighted by atomic mass is 9.94. The van der Waals surface area contributed by atoms with Crippen molar-refractivity contribution in [3.8, 4) is 0 Å². The maximum Gasteiger partial charge on any atom is 0.271 e. The molecule has 0 radical (unpaired) electrons. The van der Waals surface area contributed by atoms with Crippen LogP contribution in [0, 0.1) is 16.0 Å². The second-order valence-electron chi connectivity index (χ2n) is 5.73. The fraction of sp³-hybridized carbons (Fsp3) is 0.500. The van der Waals surface area contributed by atoms with Crippen LogP contribution in [0.2, 0.25) is 5.02 Å². The van der Waals surface area contributed by atoms with Crippen molar-refractivity contribution in [3.63, 3.8) is 0 Å². The standard InChI is InChI=1S/C14H19ClN2O4/c1-9(2)7-14(3,19)8-16-13(18)10-4-11(15)6-12(5-10)17(20)21/h4-6,9,19H,7-8H2,1-3H3,(H,16,18). The molecule has 0 saturated carbocycles. The van der Waals surface area contributed by atoms with Crippen molar-refractivity contribution in [2.45, 2.75) is 32.8 Å². The second kappa shape index (κ2) is 6.87. The molecule has 0 bridgehead atoms. The zero-order valence-electron chi connectivity index (χ0n) is 12.2. The molecule has 6 nitrogen and oxygen atoms in total. The zero-order valence-corrected chi connectivity index (χ0v) is 13.0. The number of nitro groups is 1. The van der Waals surface area contributed by atoms with Crippen molar-refractivity contribution in [1.82, 2.24) is 5.32 Å². The Morgan fingerprint density at radius 3 is 2.62 bits per heavy atom. The van der Waals surface area contributed by atoms with E-state index in [4.69, 9.17) is 11.6 Å². The minimum Gasteiger partial charge on any atom is -0.388 e. The molecule has 0 aliphatic heterocycles. The molecule has 1 aromatic carbocycles. The predicted octanol–water partition coefficient (Wildman–Crippen LogP) is 2.78. The van der Waals surface area contributed by atoms with Gasteiger partial charge in [0.2, 0.25) is 0 Å². The number of amides is 1. The van der Waals surface area contributed by atoms with Crippen molar-refractivity contribution in [3.05, 3.63) is 38.9 Å². The molecular weight excluding hydrogens is 296 g/mol. The van der Waals surface area contributed by atoms with E-state index < -0.39 is 16.4 Å². The van der Waals surface area contributed by atoms with Crippen LogP contribution in [0.1, 0.15) is 37.6 Å². The lowest BCUT2D eigenvalue weighted by Crippen LogP contribution is -2.41. The first-order valence-corrected chi connectivity index (χ1v) is 6.94. The van der Waals surface area contributed by atoms with Crippen molar-refractivity contribution >= 4 is 23.2 Å². The number of halogens is 1. The highest BCUT2D eigenvalue weighted by Crippen LogP contribution is 2.21. The molecule has 0 aromatic heterocycles. The van der Waals surface area contributed by atoms with Gasteiger partial charge in [0.15, 0.2) is 0 Å². The van der Waals surface area contributed by atoms with Gasteiger partial charge < -0.3 is 10.4 Å². The van der Waals surface area contributed by atoms with E-state index in [1.165, 1.54) is 12.1 Å². The molecule has 1 rings (SSSR count). The molecular formula is C14H19ClN2O4. The van der Waals surface area contributed by atoms with E-state index >= 15 is 0 Å². The van der Waals surface area contributed by atoms with Crippen LogP contribution in [0.15, 0.2) is 18.2 Å². The largest absolute Gasteiger partial charge is 0.388 e. The second-order valence-corrected chi connectivity index (χ2v) is 6.17. The average Bonchev–Trinajstić information content (AvgIpc) is 2.33. The summed E-state index contributed by atoms with van der Waals surface area (Å²) in [5, 5.41) is 23.6. The number of rotatable bonds is 6. The summed E-state index contributed by atoms with van der Waals surface area (Å²) in [4.78, 5) is 22.1. The monoisotopic (exact) mass is 314 g/mol. The zero-order chi connectivity index (χ0) is 16.2. The molecule has 1 unspecified atom stereocenters. The van der Waals surface area contributed by atoms with Crippen molar-refractivity contribution in [1.29, 1.82) is 0 Å². The minimum atomic E-state index is -1.03. The van der Waals surface area contributed by atoms with Gasteiger partial charge in [-0.15, -0.1) is 0 Å².